The van der Waals surface area contributed by atoms with E-state index in [1.165, 1.54) is 17.0 Å². The second-order valence-corrected chi connectivity index (χ2v) is 6.91. The molecule has 0 aliphatic heterocycles. The summed E-state index contributed by atoms with van der Waals surface area (Å²) in [5, 5.41) is 4.17. The molecule has 0 radical (unpaired) electrons. The molecule has 0 saturated carbocycles. The van der Waals surface area contributed by atoms with Crippen LogP contribution in [0.5, 0.6) is 0 Å². The summed E-state index contributed by atoms with van der Waals surface area (Å²) in [7, 11) is 1.57. The highest BCUT2D eigenvalue weighted by molar-refractivity contribution is 5.94. The zero-order chi connectivity index (χ0) is 21.1. The van der Waals surface area contributed by atoms with Crippen molar-refractivity contribution in [3.8, 4) is 0 Å². The first-order chi connectivity index (χ1) is 14.5. The van der Waals surface area contributed by atoms with E-state index in [4.69, 9.17) is 4.74 Å². The van der Waals surface area contributed by atoms with Crippen molar-refractivity contribution in [2.75, 3.05) is 12.4 Å². The van der Waals surface area contributed by atoms with Gasteiger partial charge in [0.05, 0.1) is 29.4 Å². The van der Waals surface area contributed by atoms with Crippen LogP contribution in [0, 0.1) is 0 Å². The van der Waals surface area contributed by atoms with Crippen LogP contribution >= 0.6 is 0 Å². The molecule has 2 N–H and O–H groups in total. The predicted molar refractivity (Wildman–Crippen MR) is 115 cm³/mol. The Balaban J connectivity index is 1.49. The van der Waals surface area contributed by atoms with Crippen LogP contribution in [-0.2, 0) is 22.7 Å². The topological polar surface area (TPSA) is 106 Å². The Labute approximate surface area is 171 Å². The maximum absolute atomic E-state index is 12.5. The summed E-state index contributed by atoms with van der Waals surface area (Å²) in [4.78, 5) is 43.8. The largest absolute Gasteiger partial charge is 0.380 e. The summed E-state index contributed by atoms with van der Waals surface area (Å²) in [5.41, 5.74) is 2.16. The average Bonchev–Trinajstić information content (AvgIpc) is 2.73. The number of nitrogens with zero attached hydrogens (tertiary/aromatic N) is 2. The number of hydrogen-bond acceptors (Lipinski definition) is 5. The van der Waals surface area contributed by atoms with E-state index >= 15 is 0 Å². The van der Waals surface area contributed by atoms with Crippen LogP contribution in [0.3, 0.4) is 0 Å². The van der Waals surface area contributed by atoms with E-state index in [2.05, 4.69) is 15.3 Å². The van der Waals surface area contributed by atoms with E-state index in [-0.39, 0.29) is 30.0 Å². The molecule has 0 aliphatic carbocycles. The highest BCUT2D eigenvalue weighted by Gasteiger charge is 2.09. The minimum Gasteiger partial charge on any atom is -0.380 e. The molecule has 0 aliphatic rings. The number of benzene rings is 2. The van der Waals surface area contributed by atoms with Gasteiger partial charge in [0.15, 0.2) is 0 Å². The highest BCUT2D eigenvalue weighted by atomic mass is 16.5. The number of nitrogens with one attached hydrogen (secondary N) is 2. The average molecular weight is 404 g/mol. The molecule has 0 unspecified atom stereocenters. The number of rotatable bonds is 6. The van der Waals surface area contributed by atoms with E-state index < -0.39 is 0 Å². The number of aromatic nitrogens is 3. The molecule has 0 fully saturated rings. The van der Waals surface area contributed by atoms with Crippen LogP contribution in [-0.4, -0.2) is 27.6 Å². The fraction of sp³-hybridized carbons (Fsp3) is 0.182. The molecule has 0 spiro atoms. The van der Waals surface area contributed by atoms with Crippen molar-refractivity contribution in [2.45, 2.75) is 19.6 Å². The molecule has 152 valence electrons. The SMILES string of the molecule is COCc1cc(=O)[nH]c2cc(NC(=O)CCn3cnc4ccccc4c3=O)ccc12. The maximum atomic E-state index is 12.5. The second-order valence-electron chi connectivity index (χ2n) is 6.91. The molecule has 0 saturated heterocycles. The van der Waals surface area contributed by atoms with Crippen molar-refractivity contribution >= 4 is 33.4 Å². The van der Waals surface area contributed by atoms with Gasteiger partial charge < -0.3 is 15.0 Å². The van der Waals surface area contributed by atoms with E-state index in [1.807, 2.05) is 12.1 Å². The van der Waals surface area contributed by atoms with Crippen LogP contribution in [0.25, 0.3) is 21.8 Å². The summed E-state index contributed by atoms with van der Waals surface area (Å²) < 4.78 is 6.57. The van der Waals surface area contributed by atoms with Crippen molar-refractivity contribution in [1.29, 1.82) is 0 Å². The van der Waals surface area contributed by atoms with Crippen LogP contribution in [0.2, 0.25) is 0 Å². The molecule has 4 rings (SSSR count). The third-order valence-electron chi connectivity index (χ3n) is 4.82. The van der Waals surface area contributed by atoms with Crippen LogP contribution in [0.1, 0.15) is 12.0 Å². The smallest absolute Gasteiger partial charge is 0.261 e. The van der Waals surface area contributed by atoms with Gasteiger partial charge >= 0.3 is 0 Å². The Morgan fingerprint density at radius 2 is 1.97 bits per heavy atom. The summed E-state index contributed by atoms with van der Waals surface area (Å²) >= 11 is 0. The molecule has 1 amide bonds. The number of fused-ring (bicyclic) bond motifs is 2. The second kappa shape index (κ2) is 8.30. The van der Waals surface area contributed by atoms with Gasteiger partial charge in [-0.2, -0.15) is 0 Å². The van der Waals surface area contributed by atoms with Gasteiger partial charge in [-0.05, 0) is 29.8 Å². The van der Waals surface area contributed by atoms with E-state index in [0.29, 0.717) is 28.7 Å². The maximum Gasteiger partial charge on any atom is 0.261 e. The fourth-order valence-corrected chi connectivity index (χ4v) is 3.40. The molecule has 8 nitrogen and oxygen atoms in total. The van der Waals surface area contributed by atoms with E-state index in [1.54, 1.807) is 37.4 Å². The minimum atomic E-state index is -0.246. The lowest BCUT2D eigenvalue weighted by Gasteiger charge is -2.10. The normalized spacial score (nSPS) is 11.1. The number of aromatic amines is 1. The van der Waals surface area contributed by atoms with Gasteiger partial charge in [-0.1, -0.05) is 18.2 Å². The van der Waals surface area contributed by atoms with Crippen molar-refractivity contribution in [3.63, 3.8) is 0 Å². The number of hydrogen-bond donors (Lipinski definition) is 2. The van der Waals surface area contributed by atoms with Crippen LogP contribution in [0.4, 0.5) is 5.69 Å². The lowest BCUT2D eigenvalue weighted by molar-refractivity contribution is -0.116. The van der Waals surface area contributed by atoms with Crippen molar-refractivity contribution < 1.29 is 9.53 Å². The molecular formula is C22H20N4O4. The molecule has 2 heterocycles. The lowest BCUT2D eigenvalue weighted by Crippen LogP contribution is -2.23. The number of ether oxygens (including phenoxy) is 1. The van der Waals surface area contributed by atoms with Gasteiger partial charge in [0, 0.05) is 37.2 Å². The number of amides is 1. The Bertz CT molecular complexity index is 1360. The predicted octanol–water partition coefficient (Wildman–Crippen LogP) is 2.41. The fourth-order valence-electron chi connectivity index (χ4n) is 3.40. The first kappa shape index (κ1) is 19.5. The molecule has 4 aromatic rings. The molecule has 0 bridgehead atoms. The summed E-state index contributed by atoms with van der Waals surface area (Å²) in [6, 6.07) is 13.9. The number of carbonyl (C=O) groups excluding carboxylic acids is 1. The van der Waals surface area contributed by atoms with Gasteiger partial charge in [0.2, 0.25) is 11.5 Å². The number of anilines is 1. The number of aryl methyl sites for hydroxylation is 1. The number of pyridine rings is 1. The zero-order valence-corrected chi connectivity index (χ0v) is 16.3. The zero-order valence-electron chi connectivity index (χ0n) is 16.3. The van der Waals surface area contributed by atoms with Crippen molar-refractivity contribution in [3.05, 3.63) is 81.1 Å². The number of para-hydroxylation sites is 1. The quantitative estimate of drug-likeness (QED) is 0.513. The van der Waals surface area contributed by atoms with Gasteiger partial charge in [-0.3, -0.25) is 19.0 Å². The minimum absolute atomic E-state index is 0.109. The van der Waals surface area contributed by atoms with Gasteiger partial charge in [-0.15, -0.1) is 0 Å². The number of methoxy groups -OCH3 is 1. The summed E-state index contributed by atoms with van der Waals surface area (Å²) in [6.07, 6.45) is 1.56. The first-order valence-corrected chi connectivity index (χ1v) is 9.44. The highest BCUT2D eigenvalue weighted by Crippen LogP contribution is 2.20. The van der Waals surface area contributed by atoms with Gasteiger partial charge in [0.25, 0.3) is 5.56 Å². The van der Waals surface area contributed by atoms with Gasteiger partial charge in [-0.25, -0.2) is 4.98 Å². The number of H-pyrrole nitrogens is 1. The van der Waals surface area contributed by atoms with Crippen molar-refractivity contribution in [1.82, 2.24) is 14.5 Å². The molecule has 8 heteroatoms. The molecule has 2 aromatic heterocycles. The molecule has 2 aromatic carbocycles. The Morgan fingerprint density at radius 3 is 2.80 bits per heavy atom. The Hall–Kier alpha value is -3.78. The Morgan fingerprint density at radius 1 is 1.13 bits per heavy atom. The van der Waals surface area contributed by atoms with Crippen LogP contribution in [0.15, 0.2) is 64.4 Å². The van der Waals surface area contributed by atoms with Crippen molar-refractivity contribution in [2.24, 2.45) is 0 Å². The van der Waals surface area contributed by atoms with Crippen LogP contribution < -0.4 is 16.4 Å². The van der Waals surface area contributed by atoms with E-state index in [9.17, 15) is 14.4 Å². The summed E-state index contributed by atoms with van der Waals surface area (Å²) in [6.45, 7) is 0.533. The third-order valence-corrected chi connectivity index (χ3v) is 4.82. The lowest BCUT2D eigenvalue weighted by atomic mass is 10.1. The first-order valence-electron chi connectivity index (χ1n) is 9.44. The Kier molecular flexibility index (Phi) is 5.40. The number of carbonyl (C=O) groups is 1. The standard InChI is InChI=1S/C22H20N4O4/c1-30-12-14-10-21(28)25-19-11-15(6-7-16(14)19)24-20(27)8-9-26-13-23-18-5-3-2-4-17(18)22(26)29/h2-7,10-11,13H,8-9,12H2,1H3,(H,24,27)(H,25,28). The molecule has 0 atom stereocenters. The molecular weight excluding hydrogens is 384 g/mol. The summed E-state index contributed by atoms with van der Waals surface area (Å²) in [5.74, 6) is -0.246. The van der Waals surface area contributed by atoms with Gasteiger partial charge in [0.1, 0.15) is 0 Å². The van der Waals surface area contributed by atoms with E-state index in [0.717, 1.165) is 10.9 Å². The third kappa shape index (κ3) is 3.99. The monoisotopic (exact) mass is 404 g/mol. The molecule has 30 heavy (non-hydrogen) atoms.